The van der Waals surface area contributed by atoms with Gasteiger partial charge in [-0.05, 0) is 27.2 Å². The van der Waals surface area contributed by atoms with Gasteiger partial charge < -0.3 is 19.9 Å². The first-order valence-electron chi connectivity index (χ1n) is 5.11. The maximum atomic E-state index is 11.1. The molecule has 0 aromatic rings. The minimum atomic E-state index is -0.461. The van der Waals surface area contributed by atoms with Crippen molar-refractivity contribution < 1.29 is 19.4 Å². The number of aliphatic hydroxyl groups excluding tert-OH is 1. The number of ether oxygens (including phenoxy) is 2. The van der Waals surface area contributed by atoms with Gasteiger partial charge in [-0.2, -0.15) is 0 Å². The van der Waals surface area contributed by atoms with Crippen LogP contribution in [0.5, 0.6) is 0 Å². The second kappa shape index (κ2) is 7.48. The molecule has 15 heavy (non-hydrogen) atoms. The average molecular weight is 219 g/mol. The molecule has 0 aliphatic heterocycles. The summed E-state index contributed by atoms with van der Waals surface area (Å²) in [5.74, 6) is 0. The minimum absolute atomic E-state index is 0.0273. The smallest absolute Gasteiger partial charge is 0.407 e. The molecule has 0 saturated carbocycles. The highest BCUT2D eigenvalue weighted by molar-refractivity contribution is 5.67. The Morgan fingerprint density at radius 1 is 1.33 bits per heavy atom. The zero-order valence-corrected chi connectivity index (χ0v) is 9.71. The van der Waals surface area contributed by atoms with E-state index in [0.717, 1.165) is 0 Å². The predicted molar refractivity (Wildman–Crippen MR) is 56.8 cm³/mol. The molecule has 0 fully saturated rings. The molecule has 5 heteroatoms. The van der Waals surface area contributed by atoms with Gasteiger partial charge in [0.2, 0.25) is 0 Å². The van der Waals surface area contributed by atoms with Crippen molar-refractivity contribution in [2.75, 3.05) is 26.4 Å². The zero-order valence-electron chi connectivity index (χ0n) is 9.71. The molecule has 2 N–H and O–H groups in total. The summed E-state index contributed by atoms with van der Waals surface area (Å²) in [6, 6.07) is 0. The number of carbonyl (C=O) groups excluding carboxylic acids is 1. The van der Waals surface area contributed by atoms with E-state index in [4.69, 9.17) is 14.6 Å². The molecule has 0 heterocycles. The Morgan fingerprint density at radius 2 is 2.00 bits per heavy atom. The molecule has 0 unspecified atom stereocenters. The Kier molecular flexibility index (Phi) is 7.07. The van der Waals surface area contributed by atoms with Gasteiger partial charge >= 0.3 is 6.09 Å². The number of hydrogen-bond acceptors (Lipinski definition) is 4. The van der Waals surface area contributed by atoms with Gasteiger partial charge in [0.25, 0.3) is 0 Å². The van der Waals surface area contributed by atoms with E-state index in [9.17, 15) is 4.79 Å². The van der Waals surface area contributed by atoms with E-state index in [1.165, 1.54) is 0 Å². The Labute approximate surface area is 90.8 Å². The summed E-state index contributed by atoms with van der Waals surface area (Å²) in [4.78, 5) is 11.1. The molecule has 90 valence electrons. The second-order valence-electron chi connectivity index (χ2n) is 4.12. The Hall–Kier alpha value is -0.810. The first-order valence-corrected chi connectivity index (χ1v) is 5.11. The van der Waals surface area contributed by atoms with Gasteiger partial charge in [-0.1, -0.05) is 0 Å². The van der Waals surface area contributed by atoms with Gasteiger partial charge in [-0.15, -0.1) is 0 Å². The topological polar surface area (TPSA) is 67.8 Å². The highest BCUT2D eigenvalue weighted by Crippen LogP contribution is 2.06. The molecule has 5 nitrogen and oxygen atoms in total. The van der Waals surface area contributed by atoms with Gasteiger partial charge in [0.05, 0.1) is 13.2 Å². The van der Waals surface area contributed by atoms with Crippen molar-refractivity contribution in [2.45, 2.75) is 32.8 Å². The van der Waals surface area contributed by atoms with Crippen molar-refractivity contribution in [1.29, 1.82) is 0 Å². The molecular weight excluding hydrogens is 198 g/mol. The van der Waals surface area contributed by atoms with Crippen LogP contribution in [0.3, 0.4) is 0 Å². The van der Waals surface area contributed by atoms with E-state index in [-0.39, 0.29) is 6.61 Å². The summed E-state index contributed by atoms with van der Waals surface area (Å²) in [6.07, 6.45) is 0.295. The number of nitrogens with one attached hydrogen (secondary N) is 1. The molecule has 0 aliphatic rings. The fourth-order valence-electron chi connectivity index (χ4n) is 0.845. The van der Waals surface area contributed by atoms with Crippen LogP contribution in [-0.4, -0.2) is 43.2 Å². The largest absolute Gasteiger partial charge is 0.444 e. The number of hydrogen-bond donors (Lipinski definition) is 2. The number of carbonyl (C=O) groups is 1. The maximum absolute atomic E-state index is 11.1. The fraction of sp³-hybridized carbons (Fsp3) is 0.900. The van der Waals surface area contributed by atoms with Gasteiger partial charge in [-0.25, -0.2) is 4.79 Å². The van der Waals surface area contributed by atoms with E-state index in [0.29, 0.717) is 26.2 Å². The number of rotatable bonds is 6. The van der Waals surface area contributed by atoms with E-state index < -0.39 is 11.7 Å². The fourth-order valence-corrected chi connectivity index (χ4v) is 0.845. The van der Waals surface area contributed by atoms with E-state index in [2.05, 4.69) is 5.32 Å². The standard InChI is InChI=1S/C10H21NO4/c1-10(2,3)15-9(13)11-5-4-7-14-8-6-12/h12H,4-8H2,1-3H3,(H,11,13). The lowest BCUT2D eigenvalue weighted by Crippen LogP contribution is -2.33. The van der Waals surface area contributed by atoms with E-state index in [1.807, 2.05) is 20.8 Å². The van der Waals surface area contributed by atoms with Crippen LogP contribution in [0.1, 0.15) is 27.2 Å². The summed E-state index contributed by atoms with van der Waals surface area (Å²) in [5.41, 5.74) is -0.461. The van der Waals surface area contributed by atoms with Crippen molar-refractivity contribution in [3.05, 3.63) is 0 Å². The Balaban J connectivity index is 3.32. The molecule has 0 aromatic carbocycles. The SMILES string of the molecule is CC(C)(C)OC(=O)NCCCOCCO. The van der Waals surface area contributed by atoms with Crippen LogP contribution in [0.25, 0.3) is 0 Å². The van der Waals surface area contributed by atoms with Crippen molar-refractivity contribution in [2.24, 2.45) is 0 Å². The normalized spacial score (nSPS) is 11.2. The zero-order chi connectivity index (χ0) is 11.7. The Morgan fingerprint density at radius 3 is 2.53 bits per heavy atom. The summed E-state index contributed by atoms with van der Waals surface area (Å²) in [6.45, 7) is 6.85. The average Bonchev–Trinajstić information content (AvgIpc) is 2.08. The number of alkyl carbamates (subject to hydrolysis) is 1. The van der Waals surface area contributed by atoms with Crippen LogP contribution < -0.4 is 5.32 Å². The summed E-state index contributed by atoms with van der Waals surface area (Å²) in [5, 5.41) is 11.0. The van der Waals surface area contributed by atoms with Crippen LogP contribution in [0.4, 0.5) is 4.79 Å². The molecule has 0 rings (SSSR count). The van der Waals surface area contributed by atoms with Crippen LogP contribution in [0.15, 0.2) is 0 Å². The highest BCUT2D eigenvalue weighted by atomic mass is 16.6. The molecule has 0 bridgehead atoms. The molecule has 0 radical (unpaired) electrons. The van der Waals surface area contributed by atoms with E-state index >= 15 is 0 Å². The number of amides is 1. The highest BCUT2D eigenvalue weighted by Gasteiger charge is 2.15. The van der Waals surface area contributed by atoms with Crippen molar-refractivity contribution in [1.82, 2.24) is 5.32 Å². The molecule has 0 atom stereocenters. The molecule has 0 saturated heterocycles. The predicted octanol–water partition coefficient (Wildman–Crippen LogP) is 0.910. The molecule has 1 amide bonds. The van der Waals surface area contributed by atoms with Crippen molar-refractivity contribution in [3.63, 3.8) is 0 Å². The first-order chi connectivity index (χ1) is 6.95. The quantitative estimate of drug-likeness (QED) is 0.652. The second-order valence-corrected chi connectivity index (χ2v) is 4.12. The summed E-state index contributed by atoms with van der Waals surface area (Å²) in [7, 11) is 0. The lowest BCUT2D eigenvalue weighted by molar-refractivity contribution is 0.0514. The molecule has 0 aromatic heterocycles. The van der Waals surface area contributed by atoms with E-state index in [1.54, 1.807) is 0 Å². The summed E-state index contributed by atoms with van der Waals surface area (Å²) < 4.78 is 10.1. The van der Waals surface area contributed by atoms with Gasteiger partial charge in [-0.3, -0.25) is 0 Å². The molecule has 0 aliphatic carbocycles. The lowest BCUT2D eigenvalue weighted by atomic mass is 10.2. The first kappa shape index (κ1) is 14.2. The van der Waals surface area contributed by atoms with Crippen molar-refractivity contribution in [3.8, 4) is 0 Å². The molecular formula is C10H21NO4. The van der Waals surface area contributed by atoms with Crippen LogP contribution in [0.2, 0.25) is 0 Å². The molecule has 0 spiro atoms. The van der Waals surface area contributed by atoms with Gasteiger partial charge in [0.1, 0.15) is 5.60 Å². The van der Waals surface area contributed by atoms with Crippen LogP contribution >= 0.6 is 0 Å². The van der Waals surface area contributed by atoms with Crippen LogP contribution in [-0.2, 0) is 9.47 Å². The van der Waals surface area contributed by atoms with Crippen molar-refractivity contribution >= 4 is 6.09 Å². The maximum Gasteiger partial charge on any atom is 0.407 e. The van der Waals surface area contributed by atoms with Crippen LogP contribution in [0, 0.1) is 0 Å². The monoisotopic (exact) mass is 219 g/mol. The minimum Gasteiger partial charge on any atom is -0.444 e. The third-order valence-electron chi connectivity index (χ3n) is 1.37. The third kappa shape index (κ3) is 11.1. The Bertz CT molecular complexity index is 177. The summed E-state index contributed by atoms with van der Waals surface area (Å²) >= 11 is 0. The number of aliphatic hydroxyl groups is 1. The van der Waals surface area contributed by atoms with Gasteiger partial charge in [0, 0.05) is 13.2 Å². The lowest BCUT2D eigenvalue weighted by Gasteiger charge is -2.19. The third-order valence-corrected chi connectivity index (χ3v) is 1.37. The van der Waals surface area contributed by atoms with Gasteiger partial charge in [0.15, 0.2) is 0 Å².